The molecule has 3 aliphatic rings. The lowest BCUT2D eigenvalue weighted by molar-refractivity contribution is -0.0315. The van der Waals surface area contributed by atoms with Crippen LogP contribution in [-0.2, 0) is 0 Å². The van der Waals surface area contributed by atoms with E-state index in [4.69, 9.17) is 0 Å². The van der Waals surface area contributed by atoms with Crippen LogP contribution < -0.4 is 0 Å². The zero-order valence-electron chi connectivity index (χ0n) is 11.7. The first-order valence-corrected chi connectivity index (χ1v) is 7.88. The Morgan fingerprint density at radius 3 is 2.56 bits per heavy atom. The summed E-state index contributed by atoms with van der Waals surface area (Å²) in [6, 6.07) is 1.28. The minimum atomic E-state index is -0.0587. The highest BCUT2D eigenvalue weighted by Crippen LogP contribution is 2.33. The summed E-state index contributed by atoms with van der Waals surface area (Å²) in [4.78, 5) is 5.19. The summed E-state index contributed by atoms with van der Waals surface area (Å²) in [5, 5.41) is 10.2. The summed E-state index contributed by atoms with van der Waals surface area (Å²) in [6.45, 7) is 3.72. The maximum absolute atomic E-state index is 10.2. The molecule has 2 unspecified atom stereocenters. The van der Waals surface area contributed by atoms with E-state index in [1.165, 1.54) is 58.2 Å². The monoisotopic (exact) mass is 252 g/mol. The number of hydrogen-bond donors (Lipinski definition) is 1. The number of nitrogens with zero attached hydrogens (tertiary/aromatic N) is 2. The van der Waals surface area contributed by atoms with E-state index in [-0.39, 0.29) is 6.10 Å². The van der Waals surface area contributed by atoms with Crippen LogP contribution in [0.2, 0.25) is 0 Å². The molecule has 1 saturated carbocycles. The van der Waals surface area contributed by atoms with Gasteiger partial charge in [0, 0.05) is 25.2 Å². The topological polar surface area (TPSA) is 26.7 Å². The molecule has 0 spiro atoms. The largest absolute Gasteiger partial charge is 0.391 e. The van der Waals surface area contributed by atoms with E-state index in [1.807, 2.05) is 0 Å². The van der Waals surface area contributed by atoms with Crippen LogP contribution in [0, 0.1) is 5.92 Å². The van der Waals surface area contributed by atoms with Crippen LogP contribution in [0.1, 0.15) is 44.9 Å². The summed E-state index contributed by atoms with van der Waals surface area (Å²) in [6.07, 6.45) is 8.78. The van der Waals surface area contributed by atoms with Gasteiger partial charge in [0.15, 0.2) is 0 Å². The molecule has 4 atom stereocenters. The molecule has 0 aromatic heterocycles. The molecule has 0 aromatic carbocycles. The second-order valence-electron chi connectivity index (χ2n) is 6.65. The highest BCUT2D eigenvalue weighted by Gasteiger charge is 2.38. The van der Waals surface area contributed by atoms with Gasteiger partial charge in [-0.3, -0.25) is 4.90 Å². The molecule has 2 saturated heterocycles. The van der Waals surface area contributed by atoms with Crippen LogP contribution in [0.4, 0.5) is 0 Å². The first-order chi connectivity index (χ1) is 8.75. The number of aliphatic hydroxyl groups is 1. The summed E-state index contributed by atoms with van der Waals surface area (Å²) in [5.74, 6) is 0.853. The van der Waals surface area contributed by atoms with Gasteiger partial charge >= 0.3 is 0 Å². The molecule has 2 heterocycles. The predicted octanol–water partition coefficient (Wildman–Crippen LogP) is 1.71. The van der Waals surface area contributed by atoms with E-state index in [2.05, 4.69) is 16.8 Å². The smallest absolute Gasteiger partial charge is 0.0695 e. The van der Waals surface area contributed by atoms with Crippen LogP contribution >= 0.6 is 0 Å². The molecule has 1 N–H and O–H groups in total. The molecular formula is C15H28N2O. The van der Waals surface area contributed by atoms with Crippen molar-refractivity contribution in [2.24, 2.45) is 5.92 Å². The molecule has 104 valence electrons. The van der Waals surface area contributed by atoms with E-state index >= 15 is 0 Å². The van der Waals surface area contributed by atoms with Crippen LogP contribution in [0.5, 0.6) is 0 Å². The third kappa shape index (κ3) is 2.45. The first kappa shape index (κ1) is 12.9. The molecule has 3 rings (SSSR count). The number of rotatable bonds is 1. The SMILES string of the molecule is CN1CCCC2CN([C@@H]3CCCC[C@H]3O)CCC21. The second-order valence-corrected chi connectivity index (χ2v) is 6.65. The standard InChI is InChI=1S/C15H28N2O/c1-16-9-4-5-12-11-17(10-8-13(12)16)14-6-2-3-7-15(14)18/h12-15,18H,2-11H2,1H3/t12?,13?,14-,15-/m1/s1. The summed E-state index contributed by atoms with van der Waals surface area (Å²) in [5.41, 5.74) is 0. The molecule has 18 heavy (non-hydrogen) atoms. The molecule has 2 aliphatic heterocycles. The van der Waals surface area contributed by atoms with Crippen molar-refractivity contribution in [2.45, 2.75) is 63.1 Å². The third-order valence-corrected chi connectivity index (χ3v) is 5.54. The Kier molecular flexibility index (Phi) is 3.92. The Hall–Kier alpha value is -0.120. The van der Waals surface area contributed by atoms with E-state index in [9.17, 15) is 5.11 Å². The second kappa shape index (κ2) is 5.48. The van der Waals surface area contributed by atoms with Gasteiger partial charge in [0.05, 0.1) is 6.10 Å². The lowest BCUT2D eigenvalue weighted by atomic mass is 9.82. The quantitative estimate of drug-likeness (QED) is 0.769. The van der Waals surface area contributed by atoms with Gasteiger partial charge in [0.2, 0.25) is 0 Å². The van der Waals surface area contributed by atoms with Crippen molar-refractivity contribution >= 4 is 0 Å². The average Bonchev–Trinajstić information content (AvgIpc) is 2.39. The molecular weight excluding hydrogens is 224 g/mol. The fraction of sp³-hybridized carbons (Fsp3) is 1.00. The van der Waals surface area contributed by atoms with Crippen molar-refractivity contribution in [1.82, 2.24) is 9.80 Å². The molecule has 0 bridgehead atoms. The highest BCUT2D eigenvalue weighted by atomic mass is 16.3. The minimum Gasteiger partial charge on any atom is -0.391 e. The van der Waals surface area contributed by atoms with Crippen LogP contribution in [0.25, 0.3) is 0 Å². The average molecular weight is 252 g/mol. The Morgan fingerprint density at radius 1 is 0.889 bits per heavy atom. The van der Waals surface area contributed by atoms with Gasteiger partial charge in [-0.1, -0.05) is 12.8 Å². The van der Waals surface area contributed by atoms with Gasteiger partial charge in [-0.15, -0.1) is 0 Å². The molecule has 0 amide bonds. The van der Waals surface area contributed by atoms with E-state index in [0.717, 1.165) is 18.4 Å². The van der Waals surface area contributed by atoms with Gasteiger partial charge in [-0.25, -0.2) is 0 Å². The van der Waals surface area contributed by atoms with Gasteiger partial charge < -0.3 is 10.0 Å². The maximum Gasteiger partial charge on any atom is 0.0695 e. The number of aliphatic hydroxyl groups excluding tert-OH is 1. The molecule has 0 radical (unpaired) electrons. The number of likely N-dealkylation sites (tertiary alicyclic amines) is 2. The lowest BCUT2D eigenvalue weighted by Gasteiger charge is -2.49. The van der Waals surface area contributed by atoms with Crippen molar-refractivity contribution < 1.29 is 5.11 Å². The molecule has 1 aliphatic carbocycles. The zero-order valence-corrected chi connectivity index (χ0v) is 11.7. The normalized spacial score (nSPS) is 43.7. The Morgan fingerprint density at radius 2 is 1.72 bits per heavy atom. The number of piperidine rings is 2. The highest BCUT2D eigenvalue weighted by molar-refractivity contribution is 4.93. The molecule has 3 heteroatoms. The summed E-state index contributed by atoms with van der Waals surface area (Å²) >= 11 is 0. The van der Waals surface area contributed by atoms with Crippen LogP contribution in [0.3, 0.4) is 0 Å². The van der Waals surface area contributed by atoms with Crippen molar-refractivity contribution in [1.29, 1.82) is 0 Å². The van der Waals surface area contributed by atoms with E-state index in [1.54, 1.807) is 0 Å². The molecule has 3 nitrogen and oxygen atoms in total. The minimum absolute atomic E-state index is 0.0587. The number of hydrogen-bond acceptors (Lipinski definition) is 3. The fourth-order valence-electron chi connectivity index (χ4n) is 4.50. The lowest BCUT2D eigenvalue weighted by Crippen LogP contribution is -2.57. The fourth-order valence-corrected chi connectivity index (χ4v) is 4.50. The Bertz CT molecular complexity index is 284. The van der Waals surface area contributed by atoms with Gasteiger partial charge in [0.25, 0.3) is 0 Å². The van der Waals surface area contributed by atoms with E-state index < -0.39 is 0 Å². The molecule has 3 fully saturated rings. The molecule has 0 aromatic rings. The summed E-state index contributed by atoms with van der Waals surface area (Å²) in [7, 11) is 2.29. The van der Waals surface area contributed by atoms with Crippen molar-refractivity contribution in [3.8, 4) is 0 Å². The maximum atomic E-state index is 10.2. The number of fused-ring (bicyclic) bond motifs is 1. The van der Waals surface area contributed by atoms with Crippen molar-refractivity contribution in [3.05, 3.63) is 0 Å². The van der Waals surface area contributed by atoms with Crippen molar-refractivity contribution in [2.75, 3.05) is 26.7 Å². The van der Waals surface area contributed by atoms with Crippen LogP contribution in [0.15, 0.2) is 0 Å². The Balaban J connectivity index is 1.62. The van der Waals surface area contributed by atoms with Gasteiger partial charge in [-0.05, 0) is 51.6 Å². The van der Waals surface area contributed by atoms with Crippen molar-refractivity contribution in [3.63, 3.8) is 0 Å². The third-order valence-electron chi connectivity index (χ3n) is 5.54. The van der Waals surface area contributed by atoms with Gasteiger partial charge in [-0.2, -0.15) is 0 Å². The zero-order chi connectivity index (χ0) is 12.5. The Labute approximate surface area is 111 Å². The first-order valence-electron chi connectivity index (χ1n) is 7.88. The predicted molar refractivity (Wildman–Crippen MR) is 73.6 cm³/mol. The van der Waals surface area contributed by atoms with Gasteiger partial charge in [0.1, 0.15) is 0 Å². The van der Waals surface area contributed by atoms with Crippen LogP contribution in [-0.4, -0.2) is 59.8 Å². The summed E-state index contributed by atoms with van der Waals surface area (Å²) < 4.78 is 0. The van der Waals surface area contributed by atoms with E-state index in [0.29, 0.717) is 6.04 Å².